The lowest BCUT2D eigenvalue weighted by molar-refractivity contribution is 0.223. The first-order chi connectivity index (χ1) is 6.50. The van der Waals surface area contributed by atoms with E-state index in [-0.39, 0.29) is 0 Å². The Bertz CT molecular complexity index is 359. The number of aliphatic hydroxyl groups is 1. The molecule has 1 atom stereocenters. The zero-order chi connectivity index (χ0) is 10.7. The normalized spacial score (nSPS) is 20.9. The molecule has 0 aliphatic heterocycles. The number of hydrogen-bond donors (Lipinski definition) is 3. The Morgan fingerprint density at radius 1 is 1.64 bits per heavy atom. The maximum atomic E-state index is 9.03. The molecule has 3 nitrogen and oxygen atoms in total. The first-order valence-electron chi connectivity index (χ1n) is 4.30. The van der Waals surface area contributed by atoms with Crippen LogP contribution in [0.4, 0.5) is 0 Å². The van der Waals surface area contributed by atoms with Gasteiger partial charge in [0.25, 0.3) is 0 Å². The summed E-state index contributed by atoms with van der Waals surface area (Å²) in [4.78, 5) is 0. The average molecular weight is 190 g/mol. The number of rotatable bonds is 2. The largest absolute Gasteiger partial charge is 0.375 e. The van der Waals surface area contributed by atoms with Gasteiger partial charge in [-0.25, -0.2) is 0 Å². The Balaban J connectivity index is 2.93. The molecule has 0 aromatic rings. The molecule has 0 amide bonds. The van der Waals surface area contributed by atoms with Gasteiger partial charge in [0.2, 0.25) is 0 Å². The van der Waals surface area contributed by atoms with Crippen LogP contribution in [-0.2, 0) is 0 Å². The van der Waals surface area contributed by atoms with E-state index in [4.69, 9.17) is 16.2 Å². The smallest absolute Gasteiger partial charge is 0.128 e. The minimum atomic E-state index is -1.06. The fraction of sp³-hybridized carbons (Fsp3) is 0.182. The monoisotopic (exact) mass is 190 g/mol. The summed E-state index contributed by atoms with van der Waals surface area (Å²) in [5, 5.41) is 16.6. The number of nitrogens with one attached hydrogen (secondary N) is 1. The maximum absolute atomic E-state index is 9.03. The standard InChI is InChI=1S/C11H14N2O/c1-7-3-4-10(12)9(5-7)6-8(2)11(13)14/h3-6,11-12,14H,2,13H2,1H3/b9-6-,12-10?. The molecule has 3 heteroatoms. The molecule has 0 saturated heterocycles. The third kappa shape index (κ3) is 2.52. The van der Waals surface area contributed by atoms with E-state index in [1.807, 2.05) is 19.1 Å². The number of nitrogens with two attached hydrogens (primary N) is 1. The van der Waals surface area contributed by atoms with Crippen LogP contribution in [0.15, 0.2) is 47.6 Å². The van der Waals surface area contributed by atoms with Crippen LogP contribution >= 0.6 is 0 Å². The Morgan fingerprint density at radius 3 is 2.86 bits per heavy atom. The van der Waals surface area contributed by atoms with Crippen molar-refractivity contribution in [1.82, 2.24) is 0 Å². The summed E-state index contributed by atoms with van der Waals surface area (Å²) in [6.45, 7) is 5.55. The van der Waals surface area contributed by atoms with Crippen LogP contribution in [0.25, 0.3) is 0 Å². The summed E-state index contributed by atoms with van der Waals surface area (Å²) in [7, 11) is 0. The highest BCUT2D eigenvalue weighted by Crippen LogP contribution is 2.14. The number of allylic oxidation sites excluding steroid dienone is 5. The molecule has 1 aliphatic rings. The molecule has 0 heterocycles. The van der Waals surface area contributed by atoms with Gasteiger partial charge in [-0.1, -0.05) is 18.2 Å². The Kier molecular flexibility index (Phi) is 3.17. The van der Waals surface area contributed by atoms with Crippen molar-refractivity contribution in [1.29, 1.82) is 5.41 Å². The van der Waals surface area contributed by atoms with Gasteiger partial charge >= 0.3 is 0 Å². The average Bonchev–Trinajstić information content (AvgIpc) is 2.11. The lowest BCUT2D eigenvalue weighted by Crippen LogP contribution is -2.20. The zero-order valence-electron chi connectivity index (χ0n) is 8.12. The van der Waals surface area contributed by atoms with Crippen molar-refractivity contribution < 1.29 is 5.11 Å². The quantitative estimate of drug-likeness (QED) is 0.574. The first-order valence-corrected chi connectivity index (χ1v) is 4.30. The second-order valence-electron chi connectivity index (χ2n) is 3.25. The van der Waals surface area contributed by atoms with Gasteiger partial charge in [-0.15, -0.1) is 0 Å². The summed E-state index contributed by atoms with van der Waals surface area (Å²) in [6.07, 6.45) is 5.99. The minimum absolute atomic E-state index is 0.400. The summed E-state index contributed by atoms with van der Waals surface area (Å²) >= 11 is 0. The molecule has 0 bridgehead atoms. The van der Waals surface area contributed by atoms with E-state index >= 15 is 0 Å². The zero-order valence-corrected chi connectivity index (χ0v) is 8.12. The SMILES string of the molecule is C=C(/C=C1/C=C(C)C=CC1=N)C(N)O. The molecule has 14 heavy (non-hydrogen) atoms. The van der Waals surface area contributed by atoms with E-state index < -0.39 is 6.23 Å². The van der Waals surface area contributed by atoms with Gasteiger partial charge < -0.3 is 16.2 Å². The highest BCUT2D eigenvalue weighted by atomic mass is 16.3. The molecule has 0 fully saturated rings. The first kappa shape index (κ1) is 10.6. The summed E-state index contributed by atoms with van der Waals surface area (Å²) in [5.41, 5.74) is 7.83. The van der Waals surface area contributed by atoms with Gasteiger partial charge in [-0.05, 0) is 30.7 Å². The van der Waals surface area contributed by atoms with Crippen molar-refractivity contribution in [3.63, 3.8) is 0 Å². The molecule has 0 aromatic carbocycles. The number of hydrogen-bond acceptors (Lipinski definition) is 3. The number of aliphatic hydroxyl groups excluding tert-OH is 1. The van der Waals surface area contributed by atoms with Gasteiger partial charge in [0.05, 0.1) is 5.71 Å². The highest BCUT2D eigenvalue weighted by Gasteiger charge is 2.06. The second kappa shape index (κ2) is 4.17. The third-order valence-electron chi connectivity index (χ3n) is 1.93. The van der Waals surface area contributed by atoms with Crippen molar-refractivity contribution in [3.8, 4) is 0 Å². The molecular weight excluding hydrogens is 176 g/mol. The summed E-state index contributed by atoms with van der Waals surface area (Å²) in [6, 6.07) is 0. The molecule has 1 unspecified atom stereocenters. The molecule has 1 aliphatic carbocycles. The van der Waals surface area contributed by atoms with E-state index in [1.54, 1.807) is 12.2 Å². The predicted molar refractivity (Wildman–Crippen MR) is 58.0 cm³/mol. The van der Waals surface area contributed by atoms with E-state index in [9.17, 15) is 0 Å². The molecule has 0 radical (unpaired) electrons. The van der Waals surface area contributed by atoms with Crippen molar-refractivity contribution in [2.75, 3.05) is 0 Å². The Labute approximate surface area is 83.4 Å². The van der Waals surface area contributed by atoms with E-state index in [0.29, 0.717) is 11.3 Å². The van der Waals surface area contributed by atoms with E-state index in [1.165, 1.54) is 0 Å². The van der Waals surface area contributed by atoms with E-state index in [2.05, 4.69) is 6.58 Å². The minimum Gasteiger partial charge on any atom is -0.375 e. The lowest BCUT2D eigenvalue weighted by Gasteiger charge is -2.09. The molecule has 0 saturated carbocycles. The fourth-order valence-corrected chi connectivity index (χ4v) is 1.09. The topological polar surface area (TPSA) is 70.1 Å². The Hall–Kier alpha value is -1.45. The van der Waals surface area contributed by atoms with Crippen LogP contribution < -0.4 is 5.73 Å². The predicted octanol–water partition coefficient (Wildman–Crippen LogP) is 1.28. The van der Waals surface area contributed by atoms with E-state index in [0.717, 1.165) is 11.1 Å². The second-order valence-corrected chi connectivity index (χ2v) is 3.25. The summed E-state index contributed by atoms with van der Waals surface area (Å²) < 4.78 is 0. The third-order valence-corrected chi connectivity index (χ3v) is 1.93. The molecular formula is C11H14N2O. The van der Waals surface area contributed by atoms with Crippen LogP contribution in [-0.4, -0.2) is 17.0 Å². The molecule has 74 valence electrons. The summed E-state index contributed by atoms with van der Waals surface area (Å²) in [5.74, 6) is 0. The van der Waals surface area contributed by atoms with Crippen molar-refractivity contribution in [2.24, 2.45) is 5.73 Å². The van der Waals surface area contributed by atoms with Gasteiger partial charge in [-0.2, -0.15) is 0 Å². The van der Waals surface area contributed by atoms with Crippen molar-refractivity contribution in [3.05, 3.63) is 47.6 Å². The van der Waals surface area contributed by atoms with Gasteiger partial charge in [0, 0.05) is 5.57 Å². The molecule has 0 spiro atoms. The van der Waals surface area contributed by atoms with Crippen LogP contribution in [0.5, 0.6) is 0 Å². The van der Waals surface area contributed by atoms with Crippen LogP contribution in [0.1, 0.15) is 6.92 Å². The van der Waals surface area contributed by atoms with Crippen LogP contribution in [0.3, 0.4) is 0 Å². The molecule has 1 rings (SSSR count). The van der Waals surface area contributed by atoms with Crippen LogP contribution in [0.2, 0.25) is 0 Å². The molecule has 4 N–H and O–H groups in total. The van der Waals surface area contributed by atoms with Gasteiger partial charge in [0.15, 0.2) is 0 Å². The highest BCUT2D eigenvalue weighted by molar-refractivity contribution is 6.10. The fourth-order valence-electron chi connectivity index (χ4n) is 1.09. The molecule has 0 aromatic heterocycles. The Morgan fingerprint density at radius 2 is 2.29 bits per heavy atom. The van der Waals surface area contributed by atoms with Crippen molar-refractivity contribution in [2.45, 2.75) is 13.2 Å². The van der Waals surface area contributed by atoms with Crippen molar-refractivity contribution >= 4 is 5.71 Å². The van der Waals surface area contributed by atoms with Gasteiger partial charge in [-0.3, -0.25) is 0 Å². The van der Waals surface area contributed by atoms with Crippen LogP contribution in [0, 0.1) is 5.41 Å². The van der Waals surface area contributed by atoms with Gasteiger partial charge in [0.1, 0.15) is 6.23 Å². The lowest BCUT2D eigenvalue weighted by atomic mass is 9.99. The maximum Gasteiger partial charge on any atom is 0.128 e.